The molecule has 1 aliphatic heterocycles. The lowest BCUT2D eigenvalue weighted by atomic mass is 10.2. The molecule has 1 atom stereocenters. The third-order valence-corrected chi connectivity index (χ3v) is 9.38. The van der Waals surface area contributed by atoms with Crippen molar-refractivity contribution < 1.29 is 13.2 Å². The van der Waals surface area contributed by atoms with Crippen molar-refractivity contribution in [2.24, 2.45) is 0 Å². The molecule has 0 bridgehead atoms. The number of aromatic nitrogens is 4. The molecule has 3 aromatic heterocycles. The van der Waals surface area contributed by atoms with E-state index in [-0.39, 0.29) is 11.0 Å². The van der Waals surface area contributed by atoms with Gasteiger partial charge in [0.15, 0.2) is 11.0 Å². The second-order valence-electron chi connectivity index (χ2n) is 7.97. The van der Waals surface area contributed by atoms with Gasteiger partial charge in [-0.1, -0.05) is 24.3 Å². The SMILES string of the molecule is CCN(c1ccccc1)S(=O)(=O)c1ccc(Sc2nnc(-c3cccs3)n2C[C@@H]2CCCO2)nc1. The fourth-order valence-electron chi connectivity index (χ4n) is 3.99. The van der Waals surface area contributed by atoms with Crippen molar-refractivity contribution in [1.29, 1.82) is 0 Å². The Morgan fingerprint density at radius 2 is 2.00 bits per heavy atom. The molecule has 1 saturated heterocycles. The molecule has 1 aromatic carbocycles. The first-order valence-corrected chi connectivity index (χ1v) is 14.5. The van der Waals surface area contributed by atoms with Crippen LogP contribution in [0.25, 0.3) is 10.7 Å². The lowest BCUT2D eigenvalue weighted by Crippen LogP contribution is -2.30. The molecule has 0 aliphatic carbocycles. The Labute approximate surface area is 213 Å². The fourth-order valence-corrected chi connectivity index (χ4v) is 6.91. The van der Waals surface area contributed by atoms with E-state index in [1.54, 1.807) is 35.6 Å². The van der Waals surface area contributed by atoms with Gasteiger partial charge in [0.1, 0.15) is 9.92 Å². The van der Waals surface area contributed by atoms with Crippen molar-refractivity contribution in [3.05, 3.63) is 66.2 Å². The smallest absolute Gasteiger partial charge is 0.265 e. The lowest BCUT2D eigenvalue weighted by Gasteiger charge is -2.22. The summed E-state index contributed by atoms with van der Waals surface area (Å²) in [6, 6.07) is 16.4. The highest BCUT2D eigenvalue weighted by atomic mass is 32.2. The second-order valence-corrected chi connectivity index (χ2v) is 11.8. The van der Waals surface area contributed by atoms with Crippen LogP contribution in [0.15, 0.2) is 81.3 Å². The maximum absolute atomic E-state index is 13.3. The highest BCUT2D eigenvalue weighted by Crippen LogP contribution is 2.32. The van der Waals surface area contributed by atoms with Crippen LogP contribution in [-0.2, 0) is 21.3 Å². The molecule has 0 saturated carbocycles. The van der Waals surface area contributed by atoms with Crippen molar-refractivity contribution in [2.75, 3.05) is 17.5 Å². The van der Waals surface area contributed by atoms with Crippen LogP contribution < -0.4 is 4.31 Å². The van der Waals surface area contributed by atoms with Gasteiger partial charge in [-0.25, -0.2) is 13.4 Å². The molecular formula is C24H25N5O3S3. The number of ether oxygens (including phenoxy) is 1. The van der Waals surface area contributed by atoms with Crippen molar-refractivity contribution in [3.63, 3.8) is 0 Å². The molecule has 182 valence electrons. The minimum Gasteiger partial charge on any atom is -0.376 e. The Bertz CT molecular complexity index is 1350. The van der Waals surface area contributed by atoms with Gasteiger partial charge in [-0.2, -0.15) is 0 Å². The first kappa shape index (κ1) is 24.0. The van der Waals surface area contributed by atoms with Gasteiger partial charge in [0.25, 0.3) is 10.0 Å². The van der Waals surface area contributed by atoms with E-state index in [1.807, 2.05) is 42.6 Å². The Hall–Kier alpha value is -2.73. The molecule has 0 spiro atoms. The van der Waals surface area contributed by atoms with E-state index >= 15 is 0 Å². The van der Waals surface area contributed by atoms with Crippen molar-refractivity contribution >= 4 is 38.8 Å². The third-order valence-electron chi connectivity index (χ3n) is 5.69. The Balaban J connectivity index is 1.39. The normalized spacial score (nSPS) is 16.0. The number of pyridine rings is 1. The van der Waals surface area contributed by atoms with Gasteiger partial charge in [0.05, 0.1) is 23.2 Å². The maximum Gasteiger partial charge on any atom is 0.265 e. The Morgan fingerprint density at radius 1 is 1.14 bits per heavy atom. The van der Waals surface area contributed by atoms with Crippen LogP contribution in [0.1, 0.15) is 19.8 Å². The molecule has 0 amide bonds. The minimum atomic E-state index is -3.73. The molecule has 35 heavy (non-hydrogen) atoms. The number of sulfonamides is 1. The number of hydrogen-bond donors (Lipinski definition) is 0. The van der Waals surface area contributed by atoms with Crippen LogP contribution >= 0.6 is 23.1 Å². The number of rotatable bonds is 9. The zero-order valence-corrected chi connectivity index (χ0v) is 21.6. The number of nitrogens with zero attached hydrogens (tertiary/aromatic N) is 5. The summed E-state index contributed by atoms with van der Waals surface area (Å²) >= 11 is 2.98. The van der Waals surface area contributed by atoms with Crippen LogP contribution in [0, 0.1) is 0 Å². The average Bonchev–Trinajstić information content (AvgIpc) is 3.64. The predicted octanol–water partition coefficient (Wildman–Crippen LogP) is 4.95. The molecule has 8 nitrogen and oxygen atoms in total. The van der Waals surface area contributed by atoms with E-state index in [2.05, 4.69) is 19.7 Å². The monoisotopic (exact) mass is 527 g/mol. The first-order valence-electron chi connectivity index (χ1n) is 11.4. The number of benzene rings is 1. The quantitative estimate of drug-likeness (QED) is 0.304. The summed E-state index contributed by atoms with van der Waals surface area (Å²) in [4.78, 5) is 5.63. The summed E-state index contributed by atoms with van der Waals surface area (Å²) in [5.74, 6) is 0.804. The maximum atomic E-state index is 13.3. The van der Waals surface area contributed by atoms with Crippen molar-refractivity contribution in [1.82, 2.24) is 19.7 Å². The van der Waals surface area contributed by atoms with Gasteiger partial charge in [-0.05, 0) is 67.2 Å². The van der Waals surface area contributed by atoms with Gasteiger partial charge in [0.2, 0.25) is 0 Å². The standard InChI is InChI=1S/C24H25N5O3S3/c1-2-29(18-8-4-3-5-9-18)35(30,31)20-12-13-22(25-16-20)34-24-27-26-23(21-11-7-15-33-21)28(24)17-19-10-6-14-32-19/h3-5,7-9,11-13,15-16,19H,2,6,10,14,17H2,1H3/t19-/m0/s1. The number of thiophene rings is 1. The molecule has 0 unspecified atom stereocenters. The van der Waals surface area contributed by atoms with Crippen LogP contribution in [0.5, 0.6) is 0 Å². The van der Waals surface area contributed by atoms with Crippen molar-refractivity contribution in [3.8, 4) is 10.7 Å². The molecule has 0 radical (unpaired) electrons. The Kier molecular flexibility index (Phi) is 7.19. The number of anilines is 1. The van der Waals surface area contributed by atoms with Gasteiger partial charge in [-0.3, -0.25) is 8.87 Å². The molecular weight excluding hydrogens is 502 g/mol. The summed E-state index contributed by atoms with van der Waals surface area (Å²) in [5.41, 5.74) is 0.622. The third kappa shape index (κ3) is 5.13. The second kappa shape index (κ2) is 10.5. The largest absolute Gasteiger partial charge is 0.376 e. The van der Waals surface area contributed by atoms with E-state index in [1.165, 1.54) is 22.3 Å². The average molecular weight is 528 g/mol. The van der Waals surface area contributed by atoms with Crippen LogP contribution in [-0.4, -0.2) is 47.4 Å². The van der Waals surface area contributed by atoms with E-state index < -0.39 is 10.0 Å². The summed E-state index contributed by atoms with van der Waals surface area (Å²) in [7, 11) is -3.73. The Morgan fingerprint density at radius 3 is 2.66 bits per heavy atom. The minimum absolute atomic E-state index is 0.127. The van der Waals surface area contributed by atoms with E-state index in [0.717, 1.165) is 30.2 Å². The molecule has 4 heterocycles. The van der Waals surface area contributed by atoms with Gasteiger partial charge < -0.3 is 4.74 Å². The van der Waals surface area contributed by atoms with Crippen LogP contribution in [0.3, 0.4) is 0 Å². The highest BCUT2D eigenvalue weighted by molar-refractivity contribution is 7.99. The summed E-state index contributed by atoms with van der Waals surface area (Å²) in [6.07, 6.45) is 3.60. The molecule has 1 aliphatic rings. The highest BCUT2D eigenvalue weighted by Gasteiger charge is 2.25. The molecule has 0 N–H and O–H groups in total. The topological polar surface area (TPSA) is 90.2 Å². The van der Waals surface area contributed by atoms with Crippen LogP contribution in [0.4, 0.5) is 5.69 Å². The number of hydrogen-bond acceptors (Lipinski definition) is 8. The van der Waals surface area contributed by atoms with Crippen LogP contribution in [0.2, 0.25) is 0 Å². The van der Waals surface area contributed by atoms with E-state index in [0.29, 0.717) is 29.0 Å². The van der Waals surface area contributed by atoms with Gasteiger partial charge >= 0.3 is 0 Å². The summed E-state index contributed by atoms with van der Waals surface area (Å²) in [6.45, 7) is 3.57. The van der Waals surface area contributed by atoms with Gasteiger partial charge in [0, 0.05) is 19.3 Å². The first-order chi connectivity index (χ1) is 17.1. The number of para-hydroxylation sites is 1. The van der Waals surface area contributed by atoms with Gasteiger partial charge in [-0.15, -0.1) is 21.5 Å². The molecule has 5 rings (SSSR count). The molecule has 1 fully saturated rings. The zero-order valence-electron chi connectivity index (χ0n) is 19.1. The predicted molar refractivity (Wildman–Crippen MR) is 137 cm³/mol. The molecule has 11 heteroatoms. The van der Waals surface area contributed by atoms with E-state index in [4.69, 9.17) is 4.74 Å². The van der Waals surface area contributed by atoms with E-state index in [9.17, 15) is 8.42 Å². The molecule has 4 aromatic rings. The summed E-state index contributed by atoms with van der Waals surface area (Å²) in [5, 5.41) is 12.2. The van der Waals surface area contributed by atoms with Crippen molar-refractivity contribution in [2.45, 2.75) is 47.5 Å². The fraction of sp³-hybridized carbons (Fsp3) is 0.292. The lowest BCUT2D eigenvalue weighted by molar-refractivity contribution is 0.0953. The summed E-state index contributed by atoms with van der Waals surface area (Å²) < 4.78 is 35.8. The zero-order chi connectivity index (χ0) is 24.3.